The molecule has 0 saturated carbocycles. The zero-order valence-electron chi connectivity index (χ0n) is 9.16. The second kappa shape index (κ2) is 5.73. The summed E-state index contributed by atoms with van der Waals surface area (Å²) in [6.45, 7) is 0.646. The lowest BCUT2D eigenvalue weighted by Crippen LogP contribution is -2.30. The third kappa shape index (κ3) is 3.35. The Hall–Kier alpha value is -0.750. The predicted molar refractivity (Wildman–Crippen MR) is 71.7 cm³/mol. The van der Waals surface area contributed by atoms with E-state index in [4.69, 9.17) is 0 Å². The summed E-state index contributed by atoms with van der Waals surface area (Å²) in [5.74, 6) is 0.159. The predicted octanol–water partition coefficient (Wildman–Crippen LogP) is 1.29. The summed E-state index contributed by atoms with van der Waals surface area (Å²) in [5, 5.41) is 6.75. The first-order chi connectivity index (χ1) is 8.19. The van der Waals surface area contributed by atoms with Crippen LogP contribution in [-0.4, -0.2) is 28.9 Å². The summed E-state index contributed by atoms with van der Waals surface area (Å²) >= 11 is 4.79. The summed E-state index contributed by atoms with van der Waals surface area (Å²) in [4.78, 5) is 23.4. The van der Waals surface area contributed by atoms with Crippen LogP contribution in [0.4, 0.5) is 0 Å². The van der Waals surface area contributed by atoms with Crippen molar-refractivity contribution in [3.05, 3.63) is 22.8 Å². The quantitative estimate of drug-likeness (QED) is 0.767. The van der Waals surface area contributed by atoms with Crippen molar-refractivity contribution in [2.24, 2.45) is 0 Å². The molecule has 0 radical (unpaired) electrons. The lowest BCUT2D eigenvalue weighted by atomic mass is 10.1. The van der Waals surface area contributed by atoms with Gasteiger partial charge in [-0.05, 0) is 18.6 Å². The third-order valence-electron chi connectivity index (χ3n) is 2.52. The van der Waals surface area contributed by atoms with Crippen molar-refractivity contribution in [2.75, 3.05) is 11.9 Å². The van der Waals surface area contributed by atoms with Gasteiger partial charge in [0, 0.05) is 23.6 Å². The second-order valence-electron chi connectivity index (χ2n) is 3.84. The standard InChI is InChI=1S/C11H13BrN2O2S/c12-6-10(16)13-4-3-11-14-8-2-1-7(15)5-9(8)17-11/h1-2,11,14H,3-6H2,(H,13,16). The molecular formula is C11H13BrN2O2S. The molecule has 1 heterocycles. The molecule has 2 rings (SSSR count). The van der Waals surface area contributed by atoms with Crippen LogP contribution in [0.5, 0.6) is 0 Å². The van der Waals surface area contributed by atoms with Crippen LogP contribution < -0.4 is 10.6 Å². The Morgan fingerprint density at radius 3 is 3.18 bits per heavy atom. The van der Waals surface area contributed by atoms with E-state index >= 15 is 0 Å². The molecule has 92 valence electrons. The highest BCUT2D eigenvalue weighted by Gasteiger charge is 2.25. The van der Waals surface area contributed by atoms with Crippen molar-refractivity contribution in [3.63, 3.8) is 0 Å². The molecule has 1 atom stereocenters. The Balaban J connectivity index is 1.75. The minimum atomic E-state index is 0.000734. The van der Waals surface area contributed by atoms with Gasteiger partial charge in [-0.1, -0.05) is 15.9 Å². The van der Waals surface area contributed by atoms with Crippen molar-refractivity contribution >= 4 is 39.4 Å². The highest BCUT2D eigenvalue weighted by Crippen LogP contribution is 2.36. The minimum absolute atomic E-state index is 0.000734. The fraction of sp³-hybridized carbons (Fsp3) is 0.455. The molecule has 1 aliphatic carbocycles. The number of thioether (sulfide) groups is 1. The lowest BCUT2D eigenvalue weighted by molar-refractivity contribution is -0.118. The van der Waals surface area contributed by atoms with Crippen LogP contribution in [-0.2, 0) is 9.59 Å². The van der Waals surface area contributed by atoms with Gasteiger partial charge in [0.15, 0.2) is 5.78 Å². The largest absolute Gasteiger partial charge is 0.372 e. The average molecular weight is 317 g/mol. The van der Waals surface area contributed by atoms with Crippen molar-refractivity contribution < 1.29 is 9.59 Å². The zero-order chi connectivity index (χ0) is 12.3. The smallest absolute Gasteiger partial charge is 0.230 e. The number of hydrogen-bond acceptors (Lipinski definition) is 4. The van der Waals surface area contributed by atoms with E-state index in [0.717, 1.165) is 17.0 Å². The van der Waals surface area contributed by atoms with Crippen LogP contribution in [0.15, 0.2) is 22.8 Å². The maximum absolute atomic E-state index is 11.2. The first kappa shape index (κ1) is 12.7. The van der Waals surface area contributed by atoms with Gasteiger partial charge in [0.2, 0.25) is 5.91 Å². The van der Waals surface area contributed by atoms with Crippen LogP contribution in [0.3, 0.4) is 0 Å². The number of allylic oxidation sites excluding steroid dienone is 3. The lowest BCUT2D eigenvalue weighted by Gasteiger charge is -2.11. The van der Waals surface area contributed by atoms with Crippen molar-refractivity contribution in [1.29, 1.82) is 0 Å². The number of nitrogens with one attached hydrogen (secondary N) is 2. The number of carbonyl (C=O) groups excluding carboxylic acids is 2. The first-order valence-corrected chi connectivity index (χ1v) is 7.39. The molecule has 1 unspecified atom stereocenters. The number of halogens is 1. The molecule has 6 heteroatoms. The van der Waals surface area contributed by atoms with Gasteiger partial charge < -0.3 is 10.6 Å². The van der Waals surface area contributed by atoms with E-state index in [1.54, 1.807) is 17.8 Å². The van der Waals surface area contributed by atoms with E-state index < -0.39 is 0 Å². The first-order valence-electron chi connectivity index (χ1n) is 5.39. The van der Waals surface area contributed by atoms with Gasteiger partial charge in [0.05, 0.1) is 10.7 Å². The fourth-order valence-electron chi connectivity index (χ4n) is 1.71. The summed E-state index contributed by atoms with van der Waals surface area (Å²) in [5.41, 5.74) is 1.06. The Morgan fingerprint density at radius 2 is 2.41 bits per heavy atom. The topological polar surface area (TPSA) is 58.2 Å². The minimum Gasteiger partial charge on any atom is -0.372 e. The molecule has 0 aromatic heterocycles. The Labute approximate surface area is 112 Å². The Morgan fingerprint density at radius 1 is 1.59 bits per heavy atom. The summed E-state index contributed by atoms with van der Waals surface area (Å²) < 4.78 is 0. The Kier molecular flexibility index (Phi) is 4.28. The zero-order valence-corrected chi connectivity index (χ0v) is 11.6. The maximum Gasteiger partial charge on any atom is 0.230 e. The fourth-order valence-corrected chi connectivity index (χ4v) is 3.15. The number of carbonyl (C=O) groups is 2. The number of hydrogen-bond donors (Lipinski definition) is 2. The normalized spacial score (nSPS) is 22.4. The SMILES string of the molecule is O=C1C=CC2=C(C1)SC(CCNC(=O)CBr)N2. The van der Waals surface area contributed by atoms with Crippen molar-refractivity contribution in [1.82, 2.24) is 10.6 Å². The molecule has 0 spiro atoms. The highest BCUT2D eigenvalue weighted by molar-refractivity contribution is 9.09. The van der Waals surface area contributed by atoms with E-state index in [-0.39, 0.29) is 17.1 Å². The molecule has 0 bridgehead atoms. The van der Waals surface area contributed by atoms with E-state index in [1.165, 1.54) is 0 Å². The summed E-state index contributed by atoms with van der Waals surface area (Å²) in [7, 11) is 0. The van der Waals surface area contributed by atoms with Gasteiger partial charge in [-0.3, -0.25) is 9.59 Å². The van der Waals surface area contributed by atoms with Crippen molar-refractivity contribution in [3.8, 4) is 0 Å². The van der Waals surface area contributed by atoms with Crippen LogP contribution >= 0.6 is 27.7 Å². The third-order valence-corrected chi connectivity index (χ3v) is 4.32. The number of amides is 1. The van der Waals surface area contributed by atoms with Crippen molar-refractivity contribution in [2.45, 2.75) is 18.2 Å². The number of ketones is 1. The summed E-state index contributed by atoms with van der Waals surface area (Å²) in [6, 6.07) is 0. The van der Waals surface area contributed by atoms with Gasteiger partial charge in [-0.15, -0.1) is 11.8 Å². The van der Waals surface area contributed by atoms with Gasteiger partial charge in [-0.25, -0.2) is 0 Å². The molecule has 0 aromatic rings. The van der Waals surface area contributed by atoms with E-state index in [1.807, 2.05) is 6.08 Å². The molecule has 0 fully saturated rings. The van der Waals surface area contributed by atoms with Crippen LogP contribution in [0.1, 0.15) is 12.8 Å². The molecule has 17 heavy (non-hydrogen) atoms. The van der Waals surface area contributed by atoms with E-state index in [0.29, 0.717) is 18.3 Å². The van der Waals surface area contributed by atoms with Gasteiger partial charge >= 0.3 is 0 Å². The van der Waals surface area contributed by atoms with Gasteiger partial charge in [0.25, 0.3) is 0 Å². The molecule has 2 N–H and O–H groups in total. The summed E-state index contributed by atoms with van der Waals surface area (Å²) in [6.07, 6.45) is 4.80. The monoisotopic (exact) mass is 316 g/mol. The van der Waals surface area contributed by atoms with Crippen LogP contribution in [0.2, 0.25) is 0 Å². The Bertz CT molecular complexity index is 406. The molecular weight excluding hydrogens is 304 g/mol. The van der Waals surface area contributed by atoms with Crippen LogP contribution in [0, 0.1) is 0 Å². The highest BCUT2D eigenvalue weighted by atomic mass is 79.9. The molecule has 1 aliphatic heterocycles. The number of alkyl halides is 1. The molecule has 4 nitrogen and oxygen atoms in total. The van der Waals surface area contributed by atoms with Gasteiger partial charge in [0.1, 0.15) is 0 Å². The van der Waals surface area contributed by atoms with E-state index in [9.17, 15) is 9.59 Å². The molecule has 2 aliphatic rings. The molecule has 0 saturated heterocycles. The maximum atomic E-state index is 11.2. The second-order valence-corrected chi connectivity index (χ2v) is 5.69. The average Bonchev–Trinajstić information content (AvgIpc) is 2.70. The van der Waals surface area contributed by atoms with Crippen LogP contribution in [0.25, 0.3) is 0 Å². The van der Waals surface area contributed by atoms with E-state index in [2.05, 4.69) is 26.6 Å². The molecule has 0 aromatic carbocycles. The van der Waals surface area contributed by atoms with Gasteiger partial charge in [-0.2, -0.15) is 0 Å². The number of rotatable bonds is 4. The molecule has 1 amide bonds.